The van der Waals surface area contributed by atoms with Gasteiger partial charge in [0, 0.05) is 12.6 Å². The highest BCUT2D eigenvalue weighted by Crippen LogP contribution is 2.36. The van der Waals surface area contributed by atoms with Crippen LogP contribution in [0.3, 0.4) is 0 Å². The molecule has 0 spiro atoms. The van der Waals surface area contributed by atoms with Gasteiger partial charge in [-0.3, -0.25) is 9.52 Å². The van der Waals surface area contributed by atoms with Crippen molar-refractivity contribution < 1.29 is 22.7 Å². The zero-order chi connectivity index (χ0) is 22.0. The van der Waals surface area contributed by atoms with Gasteiger partial charge in [-0.2, -0.15) is 0 Å². The lowest BCUT2D eigenvalue weighted by atomic mass is 10.2. The highest BCUT2D eigenvalue weighted by Gasteiger charge is 2.28. The third kappa shape index (κ3) is 4.64. The SMILES string of the molecule is CC(=O)N1CC(C)Oc2ccc(S(=O)(=O)Nc3ccc(Oc4ccccc4)cc3)cc21. The number of rotatable bonds is 5. The van der Waals surface area contributed by atoms with Crippen LogP contribution in [-0.4, -0.2) is 27.0 Å². The Morgan fingerprint density at radius 1 is 1.03 bits per heavy atom. The fraction of sp³-hybridized carbons (Fsp3) is 0.174. The first-order valence-electron chi connectivity index (χ1n) is 9.76. The van der Waals surface area contributed by atoms with Gasteiger partial charge in [0.25, 0.3) is 10.0 Å². The van der Waals surface area contributed by atoms with Crippen LogP contribution >= 0.6 is 0 Å². The number of para-hydroxylation sites is 1. The van der Waals surface area contributed by atoms with E-state index in [1.165, 1.54) is 24.0 Å². The Kier molecular flexibility index (Phi) is 5.56. The van der Waals surface area contributed by atoms with Gasteiger partial charge in [-0.05, 0) is 61.5 Å². The maximum Gasteiger partial charge on any atom is 0.261 e. The van der Waals surface area contributed by atoms with Crippen molar-refractivity contribution in [2.75, 3.05) is 16.2 Å². The third-order valence-corrected chi connectivity index (χ3v) is 6.14. The third-order valence-electron chi connectivity index (χ3n) is 4.76. The van der Waals surface area contributed by atoms with E-state index >= 15 is 0 Å². The second-order valence-corrected chi connectivity index (χ2v) is 8.92. The number of carbonyl (C=O) groups is 1. The van der Waals surface area contributed by atoms with Crippen LogP contribution in [0.25, 0.3) is 0 Å². The van der Waals surface area contributed by atoms with Crippen molar-refractivity contribution in [3.8, 4) is 17.2 Å². The molecule has 1 aliphatic rings. The zero-order valence-electron chi connectivity index (χ0n) is 17.1. The van der Waals surface area contributed by atoms with Gasteiger partial charge in [0.1, 0.15) is 23.4 Å². The molecule has 1 aliphatic heterocycles. The van der Waals surface area contributed by atoms with Crippen molar-refractivity contribution in [1.29, 1.82) is 0 Å². The minimum atomic E-state index is -3.87. The Morgan fingerprint density at radius 3 is 2.39 bits per heavy atom. The van der Waals surface area contributed by atoms with E-state index in [9.17, 15) is 13.2 Å². The molecule has 0 fully saturated rings. The molecular formula is C23H22N2O5S. The van der Waals surface area contributed by atoms with Crippen LogP contribution in [-0.2, 0) is 14.8 Å². The molecule has 0 aromatic heterocycles. The summed E-state index contributed by atoms with van der Waals surface area (Å²) in [7, 11) is -3.87. The van der Waals surface area contributed by atoms with E-state index in [0.29, 0.717) is 35.2 Å². The lowest BCUT2D eigenvalue weighted by molar-refractivity contribution is -0.117. The van der Waals surface area contributed by atoms with Gasteiger partial charge in [0.2, 0.25) is 5.91 Å². The van der Waals surface area contributed by atoms with E-state index in [1.54, 1.807) is 30.3 Å². The van der Waals surface area contributed by atoms with Crippen molar-refractivity contribution in [1.82, 2.24) is 0 Å². The standard InChI is InChI=1S/C23H22N2O5S/c1-16-15-25(17(2)26)22-14-21(12-13-23(22)29-16)31(27,28)24-18-8-10-20(11-9-18)30-19-6-4-3-5-7-19/h3-14,16,24H,15H2,1-2H3. The molecule has 0 bridgehead atoms. The second-order valence-electron chi connectivity index (χ2n) is 7.23. The highest BCUT2D eigenvalue weighted by atomic mass is 32.2. The molecule has 0 radical (unpaired) electrons. The van der Waals surface area contributed by atoms with E-state index in [1.807, 2.05) is 37.3 Å². The van der Waals surface area contributed by atoms with Crippen molar-refractivity contribution >= 4 is 27.3 Å². The summed E-state index contributed by atoms with van der Waals surface area (Å²) in [6.07, 6.45) is -0.173. The first-order chi connectivity index (χ1) is 14.8. The van der Waals surface area contributed by atoms with Gasteiger partial charge in [0.05, 0.1) is 17.1 Å². The van der Waals surface area contributed by atoms with E-state index < -0.39 is 10.0 Å². The second kappa shape index (κ2) is 8.31. The number of hydrogen-bond acceptors (Lipinski definition) is 5. The number of amides is 1. The summed E-state index contributed by atoms with van der Waals surface area (Å²) in [5.74, 6) is 1.59. The van der Waals surface area contributed by atoms with E-state index in [-0.39, 0.29) is 16.9 Å². The smallest absolute Gasteiger partial charge is 0.261 e. The molecule has 1 atom stereocenters. The molecule has 4 rings (SSSR count). The summed E-state index contributed by atoms with van der Waals surface area (Å²) in [6.45, 7) is 3.67. The van der Waals surface area contributed by atoms with Crippen LogP contribution in [0.1, 0.15) is 13.8 Å². The number of sulfonamides is 1. The molecular weight excluding hydrogens is 416 g/mol. The monoisotopic (exact) mass is 438 g/mol. The van der Waals surface area contributed by atoms with Crippen molar-refractivity contribution in [2.24, 2.45) is 0 Å². The number of ether oxygens (including phenoxy) is 2. The van der Waals surface area contributed by atoms with Crippen LogP contribution in [0.4, 0.5) is 11.4 Å². The van der Waals surface area contributed by atoms with Crippen LogP contribution in [0.15, 0.2) is 77.7 Å². The molecule has 31 heavy (non-hydrogen) atoms. The minimum absolute atomic E-state index is 0.0419. The molecule has 7 nitrogen and oxygen atoms in total. The molecule has 1 unspecified atom stereocenters. The van der Waals surface area contributed by atoms with Gasteiger partial charge in [-0.25, -0.2) is 8.42 Å². The number of benzene rings is 3. The summed E-state index contributed by atoms with van der Waals surface area (Å²) < 4.78 is 39.9. The van der Waals surface area contributed by atoms with Gasteiger partial charge in [-0.1, -0.05) is 18.2 Å². The summed E-state index contributed by atoms with van der Waals surface area (Å²) in [6, 6.07) is 20.4. The zero-order valence-corrected chi connectivity index (χ0v) is 17.9. The predicted molar refractivity (Wildman–Crippen MR) is 118 cm³/mol. The molecule has 0 aliphatic carbocycles. The number of nitrogens with zero attached hydrogens (tertiary/aromatic N) is 1. The Labute approximate surface area is 181 Å². The normalized spacial score (nSPS) is 15.5. The number of hydrogen-bond donors (Lipinski definition) is 1. The Hall–Kier alpha value is -3.52. The van der Waals surface area contributed by atoms with E-state index in [4.69, 9.17) is 9.47 Å². The quantitative estimate of drug-likeness (QED) is 0.638. The van der Waals surface area contributed by atoms with Gasteiger partial charge in [-0.15, -0.1) is 0 Å². The lowest BCUT2D eigenvalue weighted by Gasteiger charge is -2.33. The van der Waals surface area contributed by atoms with E-state index in [2.05, 4.69) is 4.72 Å². The summed E-state index contributed by atoms with van der Waals surface area (Å²) >= 11 is 0. The topological polar surface area (TPSA) is 84.9 Å². The molecule has 1 amide bonds. The number of anilines is 2. The fourth-order valence-corrected chi connectivity index (χ4v) is 4.39. The van der Waals surface area contributed by atoms with Crippen molar-refractivity contribution in [3.05, 3.63) is 72.8 Å². The van der Waals surface area contributed by atoms with Gasteiger partial charge >= 0.3 is 0 Å². The van der Waals surface area contributed by atoms with Crippen molar-refractivity contribution in [3.63, 3.8) is 0 Å². The molecule has 0 saturated heterocycles. The average molecular weight is 439 g/mol. The Bertz CT molecular complexity index is 1190. The Morgan fingerprint density at radius 2 is 1.71 bits per heavy atom. The number of fused-ring (bicyclic) bond motifs is 1. The molecule has 3 aromatic rings. The Balaban J connectivity index is 1.54. The first-order valence-corrected chi connectivity index (χ1v) is 11.2. The van der Waals surface area contributed by atoms with Crippen LogP contribution < -0.4 is 19.1 Å². The largest absolute Gasteiger partial charge is 0.487 e. The number of carbonyl (C=O) groups excluding carboxylic acids is 1. The van der Waals surface area contributed by atoms with Crippen LogP contribution in [0, 0.1) is 0 Å². The molecule has 160 valence electrons. The molecule has 1 heterocycles. The summed E-state index contributed by atoms with van der Waals surface area (Å²) in [5, 5.41) is 0. The van der Waals surface area contributed by atoms with Crippen LogP contribution in [0.5, 0.6) is 17.2 Å². The van der Waals surface area contributed by atoms with Gasteiger partial charge < -0.3 is 14.4 Å². The van der Waals surface area contributed by atoms with Gasteiger partial charge in [0.15, 0.2) is 0 Å². The maximum absolute atomic E-state index is 12.9. The maximum atomic E-state index is 12.9. The lowest BCUT2D eigenvalue weighted by Crippen LogP contribution is -2.41. The summed E-state index contributed by atoms with van der Waals surface area (Å²) in [5.41, 5.74) is 0.839. The minimum Gasteiger partial charge on any atom is -0.487 e. The highest BCUT2D eigenvalue weighted by molar-refractivity contribution is 7.92. The fourth-order valence-electron chi connectivity index (χ4n) is 3.31. The molecule has 1 N–H and O–H groups in total. The molecule has 3 aromatic carbocycles. The average Bonchev–Trinajstić information content (AvgIpc) is 2.74. The summed E-state index contributed by atoms with van der Waals surface area (Å²) in [4.78, 5) is 13.6. The van der Waals surface area contributed by atoms with Crippen LogP contribution in [0.2, 0.25) is 0 Å². The first kappa shape index (κ1) is 20.7. The molecule has 8 heteroatoms. The molecule has 0 saturated carbocycles. The van der Waals surface area contributed by atoms with Crippen molar-refractivity contribution in [2.45, 2.75) is 24.8 Å². The van der Waals surface area contributed by atoms with E-state index in [0.717, 1.165) is 0 Å². The predicted octanol–water partition coefficient (Wildman–Crippen LogP) is 4.41. The number of nitrogens with one attached hydrogen (secondary N) is 1.